The number of benzene rings is 3. The van der Waals surface area contributed by atoms with Gasteiger partial charge in [0.1, 0.15) is 16.2 Å². The number of fused-ring (bicyclic) bond motifs is 1. The fraction of sp³-hybridized carbons (Fsp3) is 0. The molecule has 0 saturated carbocycles. The van der Waals surface area contributed by atoms with E-state index in [4.69, 9.17) is 5.73 Å². The van der Waals surface area contributed by atoms with Crippen LogP contribution in [0.15, 0.2) is 115 Å². The monoisotopic (exact) mass is 736 g/mol. The van der Waals surface area contributed by atoms with Crippen LogP contribution in [0.1, 0.15) is 15.9 Å². The van der Waals surface area contributed by atoms with Crippen LogP contribution in [0.25, 0.3) is 5.70 Å². The highest BCUT2D eigenvalue weighted by atomic mass is 32.2. The van der Waals surface area contributed by atoms with Crippen molar-refractivity contribution in [2.24, 2.45) is 20.4 Å². The van der Waals surface area contributed by atoms with Gasteiger partial charge in [-0.25, -0.2) is 4.79 Å². The van der Waals surface area contributed by atoms with Gasteiger partial charge < -0.3 is 16.3 Å². The molecule has 0 radical (unpaired) electrons. The Morgan fingerprint density at radius 2 is 1.55 bits per heavy atom. The second-order valence-electron chi connectivity index (χ2n) is 10.2. The minimum atomic E-state index is -5.49. The van der Waals surface area contributed by atoms with Gasteiger partial charge in [0.25, 0.3) is 25.9 Å². The number of carbonyl (C=O) groups excluding carboxylic acids is 2. The maximum atomic E-state index is 14.0. The number of nitrogens with two attached hydrogens (primary N) is 1. The molecule has 0 fully saturated rings. The number of anilines is 2. The SMILES string of the molecule is Nc1c(N=Nc2ccc([N+](=O)[O-])cc2)c(S(=O)(=O)O)cc2c1C(=O)/C(=N\N=C1\C=CC(=O)C(C(=O)O)=C1)C(S(=O)(=O)O)=C2NNc1ccccc1. The number of hydrazine groups is 1. The molecule has 260 valence electrons. The van der Waals surface area contributed by atoms with E-state index in [9.17, 15) is 55.5 Å². The van der Waals surface area contributed by atoms with E-state index >= 15 is 0 Å². The maximum Gasteiger partial charge on any atom is 0.339 e. The van der Waals surface area contributed by atoms with E-state index in [2.05, 4.69) is 31.3 Å². The summed E-state index contributed by atoms with van der Waals surface area (Å²) in [5.41, 5.74) is 5.52. The fourth-order valence-electron chi connectivity index (χ4n) is 4.60. The highest BCUT2D eigenvalue weighted by Gasteiger charge is 2.41. The summed E-state index contributed by atoms with van der Waals surface area (Å²) in [6, 6.07) is 12.9. The number of carbonyl (C=O) groups is 3. The summed E-state index contributed by atoms with van der Waals surface area (Å²) in [5.74, 6) is -3.90. The minimum Gasteiger partial charge on any atom is -0.478 e. The number of allylic oxidation sites excluding steroid dienone is 4. The number of nitrogen functional groups attached to an aromatic ring is 1. The Morgan fingerprint density at radius 1 is 0.882 bits per heavy atom. The number of nitro benzene ring substituents is 1. The standard InChI is InChI=1S/C29H20N8O12S2/c30-23-22-19(13-21(50(44,45)46)25(23)35-32-15-6-9-17(10-7-15)37(42)43)24(34-31-14-4-2-1-3-5-14)28(51(47,48)49)26(27(22)39)36-33-16-8-11-20(38)18(12-16)29(40)41/h1-13,31,34H,30H2,(H,40,41)(H,44,45,46)(H,47,48,49)/b33-16-,35-32?,36-26+. The van der Waals surface area contributed by atoms with Crippen molar-refractivity contribution in [3.05, 3.63) is 111 Å². The van der Waals surface area contributed by atoms with Crippen LogP contribution in [0, 0.1) is 10.1 Å². The van der Waals surface area contributed by atoms with E-state index in [-0.39, 0.29) is 22.8 Å². The lowest BCUT2D eigenvalue weighted by atomic mass is 9.90. The molecule has 2 aliphatic carbocycles. The van der Waals surface area contributed by atoms with Gasteiger partial charge in [-0.3, -0.25) is 34.2 Å². The van der Waals surface area contributed by atoms with E-state index in [1.165, 1.54) is 12.1 Å². The van der Waals surface area contributed by atoms with Gasteiger partial charge in [0.05, 0.1) is 39.0 Å². The fourth-order valence-corrected chi connectivity index (χ4v) is 6.06. The Bertz CT molecular complexity index is 2450. The predicted octanol–water partition coefficient (Wildman–Crippen LogP) is 3.16. The summed E-state index contributed by atoms with van der Waals surface area (Å²) in [6.45, 7) is 0. The van der Waals surface area contributed by atoms with Gasteiger partial charge in [-0.15, -0.1) is 10.2 Å². The number of non-ortho nitro benzene ring substituents is 1. The zero-order valence-electron chi connectivity index (χ0n) is 25.2. The van der Waals surface area contributed by atoms with Crippen LogP contribution in [0.2, 0.25) is 0 Å². The molecule has 20 nitrogen and oxygen atoms in total. The number of nitrogens with zero attached hydrogens (tertiary/aromatic N) is 5. The second kappa shape index (κ2) is 13.6. The highest BCUT2D eigenvalue weighted by molar-refractivity contribution is 7.91. The molecule has 7 N–H and O–H groups in total. The lowest BCUT2D eigenvalue weighted by molar-refractivity contribution is -0.384. The first-order chi connectivity index (χ1) is 24.0. The minimum absolute atomic E-state index is 0.0563. The first-order valence-electron chi connectivity index (χ1n) is 13.7. The third kappa shape index (κ3) is 7.47. The van der Waals surface area contributed by atoms with Crippen LogP contribution >= 0.6 is 0 Å². The Kier molecular flexibility index (Phi) is 9.50. The molecular formula is C29H20N8O12S2. The molecule has 5 rings (SSSR count). The number of para-hydroxylation sites is 1. The van der Waals surface area contributed by atoms with Gasteiger partial charge >= 0.3 is 5.97 Å². The van der Waals surface area contributed by atoms with Gasteiger partial charge in [-0.1, -0.05) is 18.2 Å². The number of hydrogen-bond acceptors (Lipinski definition) is 16. The van der Waals surface area contributed by atoms with Crippen LogP contribution in [0.5, 0.6) is 0 Å². The number of rotatable bonds is 10. The Labute approximate surface area is 285 Å². The van der Waals surface area contributed by atoms with Gasteiger partial charge in [0, 0.05) is 17.7 Å². The Hall–Kier alpha value is -6.75. The van der Waals surface area contributed by atoms with Crippen molar-refractivity contribution in [2.45, 2.75) is 4.90 Å². The van der Waals surface area contributed by atoms with Crippen molar-refractivity contribution in [3.8, 4) is 0 Å². The smallest absolute Gasteiger partial charge is 0.339 e. The molecule has 0 aromatic heterocycles. The van der Waals surface area contributed by atoms with Crippen LogP contribution in [-0.4, -0.2) is 64.9 Å². The summed E-state index contributed by atoms with van der Waals surface area (Å²) in [7, 11) is -10.8. The van der Waals surface area contributed by atoms with Crippen molar-refractivity contribution in [2.75, 3.05) is 11.2 Å². The molecule has 0 bridgehead atoms. The van der Waals surface area contributed by atoms with E-state index in [1.54, 1.807) is 18.2 Å². The van der Waals surface area contributed by atoms with E-state index in [0.717, 1.165) is 42.5 Å². The zero-order valence-corrected chi connectivity index (χ0v) is 26.8. The predicted molar refractivity (Wildman–Crippen MR) is 179 cm³/mol. The molecule has 0 spiro atoms. The van der Waals surface area contributed by atoms with Crippen molar-refractivity contribution in [1.82, 2.24) is 5.43 Å². The van der Waals surface area contributed by atoms with Crippen molar-refractivity contribution in [3.63, 3.8) is 0 Å². The molecule has 0 atom stereocenters. The molecule has 0 saturated heterocycles. The number of azo groups is 1. The van der Waals surface area contributed by atoms with E-state index in [1.807, 2.05) is 0 Å². The van der Waals surface area contributed by atoms with Crippen LogP contribution in [0.3, 0.4) is 0 Å². The quantitative estimate of drug-likeness (QED) is 0.0331. The average Bonchev–Trinajstić information content (AvgIpc) is 3.06. The van der Waals surface area contributed by atoms with Crippen LogP contribution in [-0.2, 0) is 29.8 Å². The molecule has 22 heteroatoms. The van der Waals surface area contributed by atoms with Gasteiger partial charge in [0.2, 0.25) is 5.78 Å². The summed E-state index contributed by atoms with van der Waals surface area (Å²) in [6.07, 6.45) is 2.62. The van der Waals surface area contributed by atoms with Crippen molar-refractivity contribution < 1.29 is 50.4 Å². The molecule has 3 aromatic carbocycles. The molecule has 0 heterocycles. The van der Waals surface area contributed by atoms with Crippen molar-refractivity contribution in [1.29, 1.82) is 0 Å². The Morgan fingerprint density at radius 3 is 2.14 bits per heavy atom. The molecule has 0 aliphatic heterocycles. The first kappa shape index (κ1) is 35.6. The molecule has 0 unspecified atom stereocenters. The van der Waals surface area contributed by atoms with Crippen LogP contribution < -0.4 is 16.6 Å². The van der Waals surface area contributed by atoms with E-state index in [0.29, 0.717) is 6.07 Å². The average molecular weight is 737 g/mol. The second-order valence-corrected chi connectivity index (χ2v) is 12.9. The van der Waals surface area contributed by atoms with E-state index < -0.39 is 92.0 Å². The van der Waals surface area contributed by atoms with Crippen LogP contribution in [0.4, 0.5) is 28.4 Å². The molecular weight excluding hydrogens is 716 g/mol. The Balaban J connectivity index is 1.79. The summed E-state index contributed by atoms with van der Waals surface area (Å²) in [4.78, 5) is 45.4. The number of ketones is 2. The lowest BCUT2D eigenvalue weighted by Crippen LogP contribution is -2.35. The largest absolute Gasteiger partial charge is 0.478 e. The molecule has 51 heavy (non-hydrogen) atoms. The zero-order chi connectivity index (χ0) is 37.2. The van der Waals surface area contributed by atoms with Gasteiger partial charge in [0.15, 0.2) is 16.4 Å². The number of Topliss-reactive ketones (excluding diaryl/α,β-unsaturated/α-hetero) is 1. The first-order valence-corrected chi connectivity index (χ1v) is 16.6. The number of aliphatic carboxylic acids is 1. The number of nitro groups is 1. The topological polar surface area (TPSA) is 323 Å². The number of carboxylic acids is 1. The molecule has 0 amide bonds. The third-order valence-electron chi connectivity index (χ3n) is 6.88. The van der Waals surface area contributed by atoms with Gasteiger partial charge in [-0.2, -0.15) is 27.1 Å². The number of nitrogens with one attached hydrogen (secondary N) is 2. The summed E-state index contributed by atoms with van der Waals surface area (Å²) in [5, 5.41) is 35.2. The van der Waals surface area contributed by atoms with Crippen molar-refractivity contribution >= 4 is 83.3 Å². The lowest BCUT2D eigenvalue weighted by Gasteiger charge is -2.25. The normalized spacial score (nSPS) is 16.4. The molecule has 3 aromatic rings. The third-order valence-corrected chi connectivity index (χ3v) is 8.66. The summed E-state index contributed by atoms with van der Waals surface area (Å²) >= 11 is 0. The summed E-state index contributed by atoms with van der Waals surface area (Å²) < 4.78 is 71.5. The molecule has 2 aliphatic rings. The number of hydrogen-bond donors (Lipinski definition) is 6. The maximum absolute atomic E-state index is 14.0. The highest BCUT2D eigenvalue weighted by Crippen LogP contribution is 2.43. The van der Waals surface area contributed by atoms with Gasteiger partial charge in [-0.05, 0) is 48.6 Å². The number of carboxylic acid groups (broad SMARTS) is 1.